The minimum absolute atomic E-state index is 0.365. The molecule has 12 rings (SSSR count). The van der Waals surface area contributed by atoms with Gasteiger partial charge >= 0.3 is 0 Å². The van der Waals surface area contributed by atoms with Gasteiger partial charge in [0, 0.05) is 79.6 Å². The summed E-state index contributed by atoms with van der Waals surface area (Å²) < 4.78 is 6.98. The molecule has 5 heterocycles. The third kappa shape index (κ3) is 5.18. The van der Waals surface area contributed by atoms with Crippen molar-refractivity contribution in [1.82, 2.24) is 33.6 Å². The quantitative estimate of drug-likeness (QED) is 0.172. The summed E-state index contributed by atoms with van der Waals surface area (Å²) in [6, 6.07) is 57.9. The number of fused-ring (bicyclic) bond motifs is 9. The second-order valence-corrected chi connectivity index (χ2v) is 15.0. The molecule has 0 aliphatic carbocycles. The van der Waals surface area contributed by atoms with Crippen LogP contribution in [0.5, 0.6) is 0 Å². The van der Waals surface area contributed by atoms with Gasteiger partial charge in [0.1, 0.15) is 12.1 Å². The lowest BCUT2D eigenvalue weighted by molar-refractivity contribution is 1.12. The Hall–Kier alpha value is -8.92. The Kier molecular flexibility index (Phi) is 7.46. The van der Waals surface area contributed by atoms with E-state index in [0.29, 0.717) is 22.8 Å². The molecule has 0 saturated heterocycles. The molecule has 0 atom stereocenters. The van der Waals surface area contributed by atoms with E-state index in [0.717, 1.165) is 72.1 Å². The van der Waals surface area contributed by atoms with E-state index in [1.165, 1.54) is 33.9 Å². The van der Waals surface area contributed by atoms with Crippen LogP contribution in [-0.4, -0.2) is 33.6 Å². The van der Waals surface area contributed by atoms with Gasteiger partial charge in [-0.1, -0.05) is 72.8 Å². The van der Waals surface area contributed by atoms with Gasteiger partial charge in [0.25, 0.3) is 0 Å². The minimum Gasteiger partial charge on any atom is -0.309 e. The predicted molar refractivity (Wildman–Crippen MR) is 241 cm³/mol. The van der Waals surface area contributed by atoms with Crippen LogP contribution in [0, 0.1) is 22.7 Å². The summed E-state index contributed by atoms with van der Waals surface area (Å²) in [5.74, 6) is 0.914. The zero-order valence-corrected chi connectivity index (χ0v) is 32.3. The highest BCUT2D eigenvalue weighted by Gasteiger charge is 2.22. The molecule has 9 heteroatoms. The Labute approximate surface area is 347 Å². The maximum atomic E-state index is 9.61. The Morgan fingerprint density at radius 3 is 1.18 bits per heavy atom. The van der Waals surface area contributed by atoms with Crippen LogP contribution in [-0.2, 0) is 0 Å². The van der Waals surface area contributed by atoms with E-state index in [-0.39, 0.29) is 0 Å². The molecule has 9 nitrogen and oxygen atoms in total. The Bertz CT molecular complexity index is 3560. The molecule has 0 aliphatic heterocycles. The third-order valence-electron chi connectivity index (χ3n) is 11.7. The molecule has 0 aliphatic rings. The maximum absolute atomic E-state index is 9.61. The van der Waals surface area contributed by atoms with Crippen molar-refractivity contribution < 1.29 is 0 Å². The zero-order valence-electron chi connectivity index (χ0n) is 32.3. The minimum atomic E-state index is 0.365. The van der Waals surface area contributed by atoms with Crippen molar-refractivity contribution >= 4 is 65.4 Å². The topological polar surface area (TPSA) is 114 Å². The smallest absolute Gasteiger partial charge is 0.161 e. The maximum Gasteiger partial charge on any atom is 0.161 e. The lowest BCUT2D eigenvalue weighted by atomic mass is 10.1. The molecular formula is C52H29N9. The third-order valence-corrected chi connectivity index (χ3v) is 11.7. The van der Waals surface area contributed by atoms with E-state index < -0.39 is 0 Å². The second-order valence-electron chi connectivity index (χ2n) is 15.0. The van der Waals surface area contributed by atoms with E-state index >= 15 is 0 Å². The summed E-state index contributed by atoms with van der Waals surface area (Å²) >= 11 is 0. The first kappa shape index (κ1) is 34.1. The van der Waals surface area contributed by atoms with E-state index in [9.17, 15) is 10.5 Å². The molecule has 0 unspecified atom stereocenters. The molecule has 7 aromatic carbocycles. The lowest BCUT2D eigenvalue weighted by Crippen LogP contribution is -2.01. The number of para-hydroxylation sites is 4. The Balaban J connectivity index is 1.16. The Morgan fingerprint density at radius 1 is 0.361 bits per heavy atom. The molecule has 12 aromatic rings. The molecule has 0 spiro atoms. The Morgan fingerprint density at radius 2 is 0.754 bits per heavy atom. The van der Waals surface area contributed by atoms with Crippen molar-refractivity contribution in [3.05, 3.63) is 188 Å². The molecular weight excluding hydrogens is 751 g/mol. The van der Waals surface area contributed by atoms with E-state index in [1.54, 1.807) is 12.4 Å². The van der Waals surface area contributed by atoms with Gasteiger partial charge in [0.15, 0.2) is 11.6 Å². The van der Waals surface area contributed by atoms with E-state index in [2.05, 4.69) is 185 Å². The van der Waals surface area contributed by atoms with Crippen LogP contribution in [0.1, 0.15) is 11.1 Å². The summed E-state index contributed by atoms with van der Waals surface area (Å²) in [5, 5.41) is 26.0. The van der Waals surface area contributed by atoms with E-state index in [1.807, 2.05) is 12.1 Å². The van der Waals surface area contributed by atoms with Gasteiger partial charge in [0.05, 0.1) is 49.9 Å². The molecule has 0 amide bonds. The molecule has 0 saturated carbocycles. The lowest BCUT2D eigenvalue weighted by Gasteiger charge is -2.15. The highest BCUT2D eigenvalue weighted by atomic mass is 15.0. The van der Waals surface area contributed by atoms with E-state index in [4.69, 9.17) is 0 Å². The second kappa shape index (κ2) is 13.3. The van der Waals surface area contributed by atoms with Crippen LogP contribution >= 0.6 is 0 Å². The van der Waals surface area contributed by atoms with Crippen molar-refractivity contribution in [3.63, 3.8) is 0 Å². The van der Waals surface area contributed by atoms with Gasteiger partial charge in [-0.3, -0.25) is 0 Å². The summed E-state index contributed by atoms with van der Waals surface area (Å²) in [7, 11) is 0. The highest BCUT2D eigenvalue weighted by molar-refractivity contribution is 6.14. The number of aromatic nitrogens is 7. The van der Waals surface area contributed by atoms with Crippen molar-refractivity contribution in [1.29, 1.82) is 10.5 Å². The fraction of sp³-hybridized carbons (Fsp3) is 0. The van der Waals surface area contributed by atoms with Gasteiger partial charge in [0.2, 0.25) is 0 Å². The largest absolute Gasteiger partial charge is 0.309 e. The van der Waals surface area contributed by atoms with Gasteiger partial charge in [-0.25, -0.2) is 19.9 Å². The fourth-order valence-corrected chi connectivity index (χ4v) is 9.05. The normalized spacial score (nSPS) is 11.6. The molecule has 0 N–H and O–H groups in total. The van der Waals surface area contributed by atoms with Crippen LogP contribution in [0.4, 0.5) is 0 Å². The summed E-state index contributed by atoms with van der Waals surface area (Å²) in [5.41, 5.74) is 11.7. The van der Waals surface area contributed by atoms with Crippen molar-refractivity contribution in [2.24, 2.45) is 0 Å². The van der Waals surface area contributed by atoms with Crippen molar-refractivity contribution in [3.8, 4) is 52.0 Å². The number of nitrogens with zero attached hydrogens (tertiary/aromatic N) is 9. The number of benzene rings is 7. The first-order valence-corrected chi connectivity index (χ1v) is 19.8. The molecule has 0 fully saturated rings. The monoisotopic (exact) mass is 779 g/mol. The SMILES string of the molecule is N#Cc1cnc(-c2ccc(-n3c4ccc(-n5c6ccccc6c6ccccc65)cc4c4cc(-n5c6ccccc6c6ccccc65)ccc43)c(-c3ncc(C#N)cn3)c2)nc1. The number of nitriles is 2. The summed E-state index contributed by atoms with van der Waals surface area (Å²) in [6.07, 6.45) is 6.12. The van der Waals surface area contributed by atoms with Crippen LogP contribution < -0.4 is 0 Å². The number of hydrogen-bond donors (Lipinski definition) is 0. The number of rotatable bonds is 5. The zero-order chi connectivity index (χ0) is 40.6. The van der Waals surface area contributed by atoms with Crippen molar-refractivity contribution in [2.45, 2.75) is 0 Å². The number of hydrogen-bond acceptors (Lipinski definition) is 6. The van der Waals surface area contributed by atoms with Crippen LogP contribution in [0.3, 0.4) is 0 Å². The van der Waals surface area contributed by atoms with Crippen LogP contribution in [0.15, 0.2) is 176 Å². The van der Waals surface area contributed by atoms with Gasteiger partial charge in [-0.2, -0.15) is 10.5 Å². The van der Waals surface area contributed by atoms with Gasteiger partial charge in [-0.15, -0.1) is 0 Å². The average molecular weight is 780 g/mol. The van der Waals surface area contributed by atoms with Crippen LogP contribution in [0.25, 0.3) is 105 Å². The first-order valence-electron chi connectivity index (χ1n) is 19.8. The molecule has 5 aromatic heterocycles. The summed E-state index contributed by atoms with van der Waals surface area (Å²) in [4.78, 5) is 18.4. The van der Waals surface area contributed by atoms with Crippen LogP contribution in [0.2, 0.25) is 0 Å². The molecule has 282 valence electrons. The molecule has 61 heavy (non-hydrogen) atoms. The average Bonchev–Trinajstić information content (AvgIpc) is 3.96. The van der Waals surface area contributed by atoms with Gasteiger partial charge < -0.3 is 13.7 Å². The summed E-state index contributed by atoms with van der Waals surface area (Å²) in [6.45, 7) is 0. The van der Waals surface area contributed by atoms with Crippen molar-refractivity contribution in [2.75, 3.05) is 0 Å². The molecule has 0 radical (unpaired) electrons. The fourth-order valence-electron chi connectivity index (χ4n) is 9.05. The van der Waals surface area contributed by atoms with Gasteiger partial charge in [-0.05, 0) is 78.9 Å². The highest BCUT2D eigenvalue weighted by Crippen LogP contribution is 2.41. The first-order chi connectivity index (χ1) is 30.2. The molecule has 0 bridgehead atoms. The predicted octanol–water partition coefficient (Wildman–Crippen LogP) is 11.6. The standard InChI is InChI=1S/C52H29N9/c53-26-32-28-55-51(56-29-32)34-17-20-50(43(23-34)52-57-30-33(27-54)31-58-52)61-48-21-18-35(59-44-13-5-1-9-37(44)38-10-2-6-14-45(38)59)24-41(48)42-25-36(19-22-49(42)61)60-46-15-7-3-11-39(46)40-12-4-8-16-47(40)60/h1-25,28-31H.